The van der Waals surface area contributed by atoms with Crippen LogP contribution < -0.4 is 59.8 Å². The highest BCUT2D eigenvalue weighted by Crippen LogP contribution is 2.37. The van der Waals surface area contributed by atoms with E-state index in [1.165, 1.54) is 19.6 Å². The van der Waals surface area contributed by atoms with Gasteiger partial charge >= 0.3 is 0 Å². The number of benzene rings is 4. The van der Waals surface area contributed by atoms with E-state index >= 15 is 0 Å². The Kier molecular flexibility index (Phi) is 24.4. The number of carbonyl (C=O) groups excluding carboxylic acids is 8. The minimum Gasteiger partial charge on any atom is -0.489 e. The van der Waals surface area contributed by atoms with Crippen molar-refractivity contribution in [1.29, 1.82) is 0 Å². The van der Waals surface area contributed by atoms with Gasteiger partial charge in [0.1, 0.15) is 96.9 Å². The molecule has 32 heteroatoms. The molecule has 0 bridgehead atoms. The molecule has 8 atom stereocenters. The Bertz CT molecular complexity index is 4480. The second kappa shape index (κ2) is 34.8. The Morgan fingerprint density at radius 3 is 0.875 bits per heavy atom. The number of hydrogen-bond donors (Lipinski definition) is 4. The van der Waals surface area contributed by atoms with E-state index in [0.29, 0.717) is 69.7 Å². The summed E-state index contributed by atoms with van der Waals surface area (Å²) < 4.78 is 30.5. The number of nitrogens with zero attached hydrogens (tertiary/aromatic N) is 16. The maximum atomic E-state index is 12.8. The van der Waals surface area contributed by atoms with Crippen molar-refractivity contribution in [3.05, 3.63) is 144 Å². The van der Waals surface area contributed by atoms with Gasteiger partial charge in [0.15, 0.2) is 0 Å². The largest absolute Gasteiger partial charge is 0.489 e. The fourth-order valence-electron chi connectivity index (χ4n) is 15.6. The zero-order chi connectivity index (χ0) is 79.0. The van der Waals surface area contributed by atoms with Gasteiger partial charge in [-0.25, -0.2) is 38.7 Å². The normalized spacial score (nSPS) is 21.5. The first-order valence-electron chi connectivity index (χ1n) is 39.1. The highest BCUT2D eigenvalue weighted by molar-refractivity contribution is 6.05. The van der Waals surface area contributed by atoms with Crippen LogP contribution in [0.3, 0.4) is 0 Å². The van der Waals surface area contributed by atoms with Gasteiger partial charge in [0.05, 0.1) is 46.9 Å². The minimum absolute atomic E-state index is 0.0636. The monoisotopic (exact) mass is 1530 g/mol. The van der Waals surface area contributed by atoms with Gasteiger partial charge < -0.3 is 59.8 Å². The van der Waals surface area contributed by atoms with Gasteiger partial charge in [-0.2, -0.15) is 0 Å². The maximum absolute atomic E-state index is 12.8. The Morgan fingerprint density at radius 1 is 0.375 bits per heavy atom. The Hall–Kier alpha value is -11.6. The zero-order valence-electron chi connectivity index (χ0n) is 65.2. The molecular formula is C80H100N20O12. The van der Waals surface area contributed by atoms with Crippen LogP contribution in [0.2, 0.25) is 0 Å². The Morgan fingerprint density at radius 2 is 0.616 bits per heavy atom. The number of ether oxygens (including phenoxy) is 4. The maximum Gasteiger partial charge on any atom is 0.291 e. The van der Waals surface area contributed by atoms with E-state index in [2.05, 4.69) is 103 Å². The summed E-state index contributed by atoms with van der Waals surface area (Å²) in [5.41, 5.74) is 2.73. The molecule has 0 saturated heterocycles. The quantitative estimate of drug-likeness (QED) is 0.0797. The van der Waals surface area contributed by atoms with Crippen molar-refractivity contribution in [2.45, 2.75) is 193 Å². The molecule has 0 aliphatic carbocycles. The Labute approximate surface area is 650 Å². The van der Waals surface area contributed by atoms with E-state index in [1.54, 1.807) is 40.3 Å². The molecule has 8 aliphatic heterocycles. The van der Waals surface area contributed by atoms with Gasteiger partial charge in [0, 0.05) is 53.9 Å². The van der Waals surface area contributed by atoms with Crippen LogP contribution in [0.5, 0.6) is 23.0 Å². The summed E-state index contributed by atoms with van der Waals surface area (Å²) in [5.74, 6) is 4.41. The number of rotatable bonds is 14. The number of carbonyl (C=O) groups is 8. The summed E-state index contributed by atoms with van der Waals surface area (Å²) in [6.45, 7) is 13.1. The van der Waals surface area contributed by atoms with E-state index in [1.807, 2.05) is 104 Å². The first kappa shape index (κ1) is 78.5. The molecule has 0 saturated carbocycles. The van der Waals surface area contributed by atoms with Gasteiger partial charge in [0.25, 0.3) is 47.3 Å². The lowest BCUT2D eigenvalue weighted by molar-refractivity contribution is -0.121. The third kappa shape index (κ3) is 17.0. The van der Waals surface area contributed by atoms with Crippen molar-refractivity contribution in [2.24, 2.45) is 11.8 Å². The van der Waals surface area contributed by atoms with Crippen molar-refractivity contribution in [3.63, 3.8) is 0 Å². The number of aromatic nitrogens is 12. The number of anilines is 4. The number of para-hydroxylation sites is 8. The van der Waals surface area contributed by atoms with Crippen molar-refractivity contribution in [3.8, 4) is 23.0 Å². The van der Waals surface area contributed by atoms with Crippen LogP contribution in [0, 0.1) is 11.8 Å². The van der Waals surface area contributed by atoms with E-state index < -0.39 is 47.8 Å². The van der Waals surface area contributed by atoms with Gasteiger partial charge in [-0.15, -0.1) is 20.4 Å². The van der Waals surface area contributed by atoms with Crippen LogP contribution in [-0.4, -0.2) is 185 Å². The summed E-state index contributed by atoms with van der Waals surface area (Å²) >= 11 is 0. The van der Waals surface area contributed by atoms with Crippen molar-refractivity contribution >= 4 is 70.0 Å². The van der Waals surface area contributed by atoms with E-state index in [4.69, 9.17) is 18.9 Å². The van der Waals surface area contributed by atoms with Crippen molar-refractivity contribution in [2.75, 3.05) is 74.2 Å². The summed E-state index contributed by atoms with van der Waals surface area (Å²) in [6.07, 6.45) is 15.8. The molecule has 12 heterocycles. The van der Waals surface area contributed by atoms with Crippen LogP contribution in [-0.2, 0) is 44.9 Å². The molecular weight excluding hydrogens is 1430 g/mol. The molecule has 0 spiro atoms. The second-order valence-electron chi connectivity index (χ2n) is 30.1. The molecule has 8 aliphatic rings. The summed E-state index contributed by atoms with van der Waals surface area (Å²) in [5, 5.41) is 28.8. The number of nitrogens with one attached hydrogen (secondary N) is 4. The summed E-state index contributed by atoms with van der Waals surface area (Å²) in [7, 11) is 6.71. The molecule has 16 rings (SSSR count). The topological polar surface area (TPSA) is 357 Å². The fraction of sp³-hybridized carbons (Fsp3) is 0.500. The van der Waals surface area contributed by atoms with Gasteiger partial charge in [0.2, 0.25) is 23.3 Å². The third-order valence-electron chi connectivity index (χ3n) is 21.7. The highest BCUT2D eigenvalue weighted by atomic mass is 16.5. The van der Waals surface area contributed by atoms with Gasteiger partial charge in [-0.1, -0.05) is 103 Å². The number of hydrogen-bond acceptors (Lipinski definition) is 20. The summed E-state index contributed by atoms with van der Waals surface area (Å²) in [4.78, 5) is 126. The Balaban J connectivity index is 0.000000131. The number of fused-ring (bicyclic) bond motifs is 8. The lowest BCUT2D eigenvalue weighted by atomic mass is 9.95. The fourth-order valence-corrected chi connectivity index (χ4v) is 15.6. The van der Waals surface area contributed by atoms with E-state index in [-0.39, 0.29) is 85.4 Å². The van der Waals surface area contributed by atoms with Crippen LogP contribution in [0.25, 0.3) is 0 Å². The summed E-state index contributed by atoms with van der Waals surface area (Å²) in [6, 6.07) is 27.2. The molecule has 4 aromatic carbocycles. The average molecular weight is 1530 g/mol. The van der Waals surface area contributed by atoms with E-state index in [9.17, 15) is 38.4 Å². The minimum atomic E-state index is -0.800. The lowest BCUT2D eigenvalue weighted by Crippen LogP contribution is -2.49. The molecule has 4 aromatic heterocycles. The average Bonchev–Trinajstić information content (AvgIpc) is 1.66. The molecule has 0 fully saturated rings. The molecule has 592 valence electrons. The molecule has 0 radical (unpaired) electrons. The first-order valence-corrected chi connectivity index (χ1v) is 39.1. The lowest BCUT2D eigenvalue weighted by Gasteiger charge is -2.26. The van der Waals surface area contributed by atoms with Crippen molar-refractivity contribution in [1.82, 2.24) is 80.3 Å². The number of aryl methyl sites for hydroxylation is 4. The SMILES string of the molecule is CC(C)[C@@H]1CCCc2nc(C(=O)N[C@H]3COc4ccccc4N(C)C3=O)nn21.CC(C)[C@H]1CCCc2nc(C(=O)N[C@H]3COc4ccccc4N(C)C3=O)nn21.CCC[C@@H]1CCCc2nc(C(=O)N[C@H]3COc4ccccc4N(C)C3=O)nn21.CCC[C@H]1CCCc2nc(C(=O)N[C@H]3COc4ccccc4N(C)C3=O)nn21. The van der Waals surface area contributed by atoms with Crippen LogP contribution in [0.15, 0.2) is 97.1 Å². The highest BCUT2D eigenvalue weighted by Gasteiger charge is 2.39. The molecule has 0 unspecified atom stereocenters. The standard InChI is InChI=1S/4C20H25N5O3/c2*1-12(2)14-8-6-10-17-22-18(23-25(14)17)19(26)21-13-11-28-16-9-5-4-7-15(16)24(3)20(13)27;2*1-3-7-13-8-6-11-17-22-18(23-25(13)17)19(26)21-14-12-28-16-10-5-4-9-15(16)24(2)20(14)27/h2*4-5,7,9,12-14H,6,8,10-11H2,1-3H3,(H,21,26);2*4-5,9-10,13-14H,3,6-8,11-12H2,1-2H3,(H,21,26)/t13-,14+;13-,14-;13-,14+;13-,14-/m0010/s1. The van der Waals surface area contributed by atoms with Crippen LogP contribution in [0.4, 0.5) is 22.7 Å². The molecule has 32 nitrogen and oxygen atoms in total. The molecule has 112 heavy (non-hydrogen) atoms. The molecule has 8 amide bonds. The molecule has 4 N–H and O–H groups in total. The number of likely N-dealkylation sites (N-methyl/N-ethyl adjacent to an activating group) is 4. The van der Waals surface area contributed by atoms with Gasteiger partial charge in [-0.05, 0) is 125 Å². The predicted octanol–water partition coefficient (Wildman–Crippen LogP) is 8.15. The van der Waals surface area contributed by atoms with Crippen LogP contribution >= 0.6 is 0 Å². The number of amides is 8. The van der Waals surface area contributed by atoms with Crippen LogP contribution in [0.1, 0.15) is 209 Å². The molecule has 8 aromatic rings. The van der Waals surface area contributed by atoms with Gasteiger partial charge in [-0.3, -0.25) is 38.4 Å². The zero-order valence-corrected chi connectivity index (χ0v) is 65.2. The second-order valence-corrected chi connectivity index (χ2v) is 30.1. The van der Waals surface area contributed by atoms with Crippen molar-refractivity contribution < 1.29 is 57.3 Å². The van der Waals surface area contributed by atoms with E-state index in [0.717, 1.165) is 126 Å². The first-order chi connectivity index (χ1) is 54.1. The third-order valence-corrected chi connectivity index (χ3v) is 21.7. The smallest absolute Gasteiger partial charge is 0.291 e. The predicted molar refractivity (Wildman–Crippen MR) is 414 cm³/mol.